The molecule has 0 atom stereocenters. The van der Waals surface area contributed by atoms with E-state index in [1.807, 2.05) is 36.9 Å². The van der Waals surface area contributed by atoms with Gasteiger partial charge in [-0.05, 0) is 56.0 Å². The molecule has 0 saturated heterocycles. The van der Waals surface area contributed by atoms with Gasteiger partial charge < -0.3 is 14.4 Å². The molecule has 1 heterocycles. The van der Waals surface area contributed by atoms with Crippen LogP contribution in [0.1, 0.15) is 35.9 Å². The predicted octanol–water partition coefficient (Wildman–Crippen LogP) is 3.59. The summed E-state index contributed by atoms with van der Waals surface area (Å²) in [5, 5.41) is 4.46. The third kappa shape index (κ3) is 5.15. The van der Waals surface area contributed by atoms with Crippen molar-refractivity contribution in [2.24, 2.45) is 7.05 Å². The van der Waals surface area contributed by atoms with Gasteiger partial charge in [-0.15, -0.1) is 0 Å². The molecule has 1 aromatic carbocycles. The number of aryl methyl sites for hydroxylation is 2. The molecular formula is C22H31N3O3. The van der Waals surface area contributed by atoms with Crippen LogP contribution in [0, 0.1) is 13.8 Å². The number of rotatable bonds is 10. The molecule has 0 N–H and O–H groups in total. The van der Waals surface area contributed by atoms with Crippen LogP contribution in [0.5, 0.6) is 11.5 Å². The topological polar surface area (TPSA) is 56.6 Å². The van der Waals surface area contributed by atoms with Crippen LogP contribution in [0.2, 0.25) is 0 Å². The van der Waals surface area contributed by atoms with Gasteiger partial charge in [-0.25, -0.2) is 0 Å². The summed E-state index contributed by atoms with van der Waals surface area (Å²) in [6.45, 7) is 11.5. The molecule has 1 aromatic heterocycles. The summed E-state index contributed by atoms with van der Waals surface area (Å²) in [4.78, 5) is 14.2. The van der Waals surface area contributed by atoms with Gasteiger partial charge >= 0.3 is 0 Å². The first-order valence-electron chi connectivity index (χ1n) is 9.61. The van der Waals surface area contributed by atoms with Crippen molar-refractivity contribution in [1.82, 2.24) is 14.7 Å². The predicted molar refractivity (Wildman–Crippen MR) is 111 cm³/mol. The van der Waals surface area contributed by atoms with Gasteiger partial charge in [0.1, 0.15) is 0 Å². The van der Waals surface area contributed by atoms with E-state index in [4.69, 9.17) is 9.47 Å². The number of carbonyl (C=O) groups is 1. The van der Waals surface area contributed by atoms with E-state index in [-0.39, 0.29) is 5.91 Å². The Morgan fingerprint density at radius 2 is 2.07 bits per heavy atom. The van der Waals surface area contributed by atoms with Crippen LogP contribution in [-0.4, -0.2) is 40.8 Å². The minimum Gasteiger partial charge on any atom is -0.493 e. The van der Waals surface area contributed by atoms with E-state index in [0.29, 0.717) is 31.2 Å². The smallest absolute Gasteiger partial charge is 0.246 e. The highest BCUT2D eigenvalue weighted by Gasteiger charge is 2.16. The first-order chi connectivity index (χ1) is 13.4. The Morgan fingerprint density at radius 1 is 1.32 bits per heavy atom. The normalized spacial score (nSPS) is 10.6. The van der Waals surface area contributed by atoms with Crippen LogP contribution in [0.25, 0.3) is 0 Å². The molecule has 0 unspecified atom stereocenters. The third-order valence-corrected chi connectivity index (χ3v) is 4.84. The molecule has 0 radical (unpaired) electrons. The molecule has 0 bridgehead atoms. The van der Waals surface area contributed by atoms with Gasteiger partial charge in [0, 0.05) is 25.8 Å². The summed E-state index contributed by atoms with van der Waals surface area (Å²) in [7, 11) is 3.56. The lowest BCUT2D eigenvalue weighted by molar-refractivity contribution is -0.126. The number of methoxy groups -OCH3 is 1. The van der Waals surface area contributed by atoms with E-state index in [1.165, 1.54) is 11.6 Å². The first-order valence-corrected chi connectivity index (χ1v) is 9.61. The van der Waals surface area contributed by atoms with Gasteiger partial charge in [0.15, 0.2) is 11.5 Å². The molecule has 0 aliphatic heterocycles. The number of ether oxygens (including phenoxy) is 2. The van der Waals surface area contributed by atoms with Crippen molar-refractivity contribution < 1.29 is 14.3 Å². The SMILES string of the molecule is C=CC(=O)N(CCc1c(C)nn(C)c1C)Cc1ccc(OC)c(OCCC)c1. The van der Waals surface area contributed by atoms with Gasteiger partial charge in [-0.3, -0.25) is 9.48 Å². The lowest BCUT2D eigenvalue weighted by Crippen LogP contribution is -2.31. The maximum Gasteiger partial charge on any atom is 0.246 e. The van der Waals surface area contributed by atoms with Crippen molar-refractivity contribution in [3.63, 3.8) is 0 Å². The second-order valence-corrected chi connectivity index (χ2v) is 6.82. The fourth-order valence-electron chi connectivity index (χ4n) is 3.19. The zero-order valence-corrected chi connectivity index (χ0v) is 17.6. The van der Waals surface area contributed by atoms with E-state index in [0.717, 1.165) is 29.8 Å². The summed E-state index contributed by atoms with van der Waals surface area (Å²) < 4.78 is 13.0. The van der Waals surface area contributed by atoms with Gasteiger partial charge in [0.05, 0.1) is 19.4 Å². The summed E-state index contributed by atoms with van der Waals surface area (Å²) in [6, 6.07) is 5.78. The number of amides is 1. The zero-order chi connectivity index (χ0) is 20.7. The maximum absolute atomic E-state index is 12.4. The molecule has 2 aromatic rings. The van der Waals surface area contributed by atoms with Crippen molar-refractivity contribution in [1.29, 1.82) is 0 Å². The van der Waals surface area contributed by atoms with Crippen molar-refractivity contribution in [3.05, 3.63) is 53.4 Å². The summed E-state index contributed by atoms with van der Waals surface area (Å²) in [5.74, 6) is 1.30. The second kappa shape index (κ2) is 9.97. The fraction of sp³-hybridized carbons (Fsp3) is 0.455. The van der Waals surface area contributed by atoms with Gasteiger partial charge in [0.25, 0.3) is 0 Å². The van der Waals surface area contributed by atoms with E-state index < -0.39 is 0 Å². The average molecular weight is 386 g/mol. The molecule has 0 saturated carbocycles. The van der Waals surface area contributed by atoms with E-state index in [9.17, 15) is 4.79 Å². The Hall–Kier alpha value is -2.76. The van der Waals surface area contributed by atoms with Crippen LogP contribution >= 0.6 is 0 Å². The van der Waals surface area contributed by atoms with Crippen LogP contribution in [-0.2, 0) is 24.8 Å². The minimum atomic E-state index is -0.0916. The second-order valence-electron chi connectivity index (χ2n) is 6.82. The molecule has 1 amide bonds. The molecule has 152 valence electrons. The van der Waals surface area contributed by atoms with Gasteiger partial charge in [0.2, 0.25) is 5.91 Å². The van der Waals surface area contributed by atoms with Crippen molar-refractivity contribution in [2.45, 2.75) is 40.2 Å². The standard InChI is InChI=1S/C22H31N3O3/c1-7-13-28-21-14-18(9-10-20(21)27-6)15-25(22(26)8-2)12-11-19-16(3)23-24(5)17(19)4/h8-10,14H,2,7,11-13,15H2,1,3-6H3. The molecule has 0 spiro atoms. The largest absolute Gasteiger partial charge is 0.493 e. The highest BCUT2D eigenvalue weighted by molar-refractivity contribution is 5.87. The van der Waals surface area contributed by atoms with Gasteiger partial charge in [-0.2, -0.15) is 5.10 Å². The molecular weight excluding hydrogens is 354 g/mol. The number of benzene rings is 1. The number of nitrogens with zero attached hydrogens (tertiary/aromatic N) is 3. The zero-order valence-electron chi connectivity index (χ0n) is 17.6. The Kier molecular flexibility index (Phi) is 7.67. The Labute approximate surface area is 167 Å². The maximum atomic E-state index is 12.4. The quantitative estimate of drug-likeness (QED) is 0.587. The summed E-state index contributed by atoms with van der Waals surface area (Å²) in [6.07, 6.45) is 3.03. The molecule has 6 heteroatoms. The summed E-state index contributed by atoms with van der Waals surface area (Å²) >= 11 is 0. The summed E-state index contributed by atoms with van der Waals surface area (Å²) in [5.41, 5.74) is 4.31. The number of hydrogen-bond acceptors (Lipinski definition) is 4. The van der Waals surface area contributed by atoms with Gasteiger partial charge in [-0.1, -0.05) is 19.6 Å². The fourth-order valence-corrected chi connectivity index (χ4v) is 3.19. The van der Waals surface area contributed by atoms with Crippen molar-refractivity contribution in [2.75, 3.05) is 20.3 Å². The monoisotopic (exact) mass is 385 g/mol. The molecule has 0 aliphatic rings. The van der Waals surface area contributed by atoms with Crippen LogP contribution in [0.4, 0.5) is 0 Å². The van der Waals surface area contributed by atoms with Crippen molar-refractivity contribution in [3.8, 4) is 11.5 Å². The van der Waals surface area contributed by atoms with Crippen molar-refractivity contribution >= 4 is 5.91 Å². The lowest BCUT2D eigenvalue weighted by atomic mass is 10.1. The Balaban J connectivity index is 2.17. The first kappa shape index (κ1) is 21.5. The molecule has 6 nitrogen and oxygen atoms in total. The third-order valence-electron chi connectivity index (χ3n) is 4.84. The molecule has 0 fully saturated rings. The highest BCUT2D eigenvalue weighted by atomic mass is 16.5. The number of carbonyl (C=O) groups excluding carboxylic acids is 1. The van der Waals surface area contributed by atoms with Crippen LogP contribution < -0.4 is 9.47 Å². The molecule has 2 rings (SSSR count). The Morgan fingerprint density at radius 3 is 2.64 bits per heavy atom. The average Bonchev–Trinajstić information content (AvgIpc) is 2.94. The highest BCUT2D eigenvalue weighted by Crippen LogP contribution is 2.29. The number of aromatic nitrogens is 2. The van der Waals surface area contributed by atoms with E-state index in [1.54, 1.807) is 12.0 Å². The molecule has 0 aliphatic carbocycles. The van der Waals surface area contributed by atoms with Crippen LogP contribution in [0.15, 0.2) is 30.9 Å². The van der Waals surface area contributed by atoms with E-state index >= 15 is 0 Å². The molecule has 28 heavy (non-hydrogen) atoms. The van der Waals surface area contributed by atoms with Crippen LogP contribution in [0.3, 0.4) is 0 Å². The Bertz CT molecular complexity index is 827. The number of hydrogen-bond donors (Lipinski definition) is 0. The lowest BCUT2D eigenvalue weighted by Gasteiger charge is -2.22. The minimum absolute atomic E-state index is 0.0916. The van der Waals surface area contributed by atoms with E-state index in [2.05, 4.69) is 25.5 Å².